The van der Waals surface area contributed by atoms with E-state index < -0.39 is 21.4 Å². The van der Waals surface area contributed by atoms with Crippen LogP contribution in [0.2, 0.25) is 0 Å². The molecule has 2 fully saturated rings. The summed E-state index contributed by atoms with van der Waals surface area (Å²) >= 11 is 0. The standard InChI is InChI=1S/C21H29NO5S/c1-4-5-12-27-19(24)15-6-8-17(9-7-15)22-28(25,26)14-21-11-10-16(13-18(21)23)20(21,2)3/h6-9,16,22H,4-5,10-14H2,1-3H3/t16-,21-/m1/s1. The first kappa shape index (κ1) is 20.8. The second-order valence-electron chi connectivity index (χ2n) is 8.59. The highest BCUT2D eigenvalue weighted by molar-refractivity contribution is 7.92. The van der Waals surface area contributed by atoms with E-state index in [2.05, 4.69) is 4.72 Å². The molecule has 0 heterocycles. The molecule has 0 saturated heterocycles. The summed E-state index contributed by atoms with van der Waals surface area (Å²) in [6.45, 7) is 6.42. The third-order valence-electron chi connectivity index (χ3n) is 6.70. The van der Waals surface area contributed by atoms with Crippen LogP contribution in [0, 0.1) is 16.7 Å². The van der Waals surface area contributed by atoms with Gasteiger partial charge in [0.25, 0.3) is 0 Å². The highest BCUT2D eigenvalue weighted by atomic mass is 32.2. The maximum atomic E-state index is 12.8. The number of hydrogen-bond acceptors (Lipinski definition) is 5. The Labute approximate surface area is 167 Å². The lowest BCUT2D eigenvalue weighted by molar-refractivity contribution is -0.128. The number of benzene rings is 1. The molecular formula is C21H29NO5S. The molecule has 2 bridgehead atoms. The number of anilines is 1. The molecule has 6 nitrogen and oxygen atoms in total. The number of carbonyl (C=O) groups excluding carboxylic acids is 2. The molecule has 0 unspecified atom stereocenters. The number of ether oxygens (including phenoxy) is 1. The third-order valence-corrected chi connectivity index (χ3v) is 8.12. The van der Waals surface area contributed by atoms with Crippen LogP contribution in [0.4, 0.5) is 5.69 Å². The zero-order valence-electron chi connectivity index (χ0n) is 16.8. The van der Waals surface area contributed by atoms with Gasteiger partial charge in [-0.15, -0.1) is 0 Å². The smallest absolute Gasteiger partial charge is 0.338 e. The Kier molecular flexibility index (Phi) is 5.58. The van der Waals surface area contributed by atoms with E-state index >= 15 is 0 Å². The molecule has 2 atom stereocenters. The Morgan fingerprint density at radius 2 is 1.93 bits per heavy atom. The van der Waals surface area contributed by atoms with Crippen LogP contribution in [0.15, 0.2) is 24.3 Å². The van der Waals surface area contributed by atoms with E-state index in [1.165, 1.54) is 0 Å². The molecule has 2 aliphatic rings. The van der Waals surface area contributed by atoms with Crippen LogP contribution in [0.5, 0.6) is 0 Å². The molecule has 0 aliphatic heterocycles. The summed E-state index contributed by atoms with van der Waals surface area (Å²) in [7, 11) is -3.70. The lowest BCUT2D eigenvalue weighted by Gasteiger charge is -2.36. The summed E-state index contributed by atoms with van der Waals surface area (Å²) in [5.41, 5.74) is -0.347. The number of esters is 1. The summed E-state index contributed by atoms with van der Waals surface area (Å²) in [6.07, 6.45) is 3.77. The highest BCUT2D eigenvalue weighted by Gasteiger charge is 2.65. The van der Waals surface area contributed by atoms with Crippen molar-refractivity contribution in [3.05, 3.63) is 29.8 Å². The number of rotatable bonds is 8. The molecule has 7 heteroatoms. The summed E-state index contributed by atoms with van der Waals surface area (Å²) in [5.74, 6) is -0.266. The normalized spacial score (nSPS) is 25.7. The maximum absolute atomic E-state index is 12.8. The first-order valence-corrected chi connectivity index (χ1v) is 11.6. The summed E-state index contributed by atoms with van der Waals surface area (Å²) in [4.78, 5) is 24.5. The average molecular weight is 408 g/mol. The van der Waals surface area contributed by atoms with Crippen molar-refractivity contribution in [2.75, 3.05) is 17.1 Å². The average Bonchev–Trinajstić information content (AvgIpc) is 2.96. The van der Waals surface area contributed by atoms with Crippen LogP contribution in [-0.4, -0.2) is 32.5 Å². The first-order chi connectivity index (χ1) is 13.1. The molecule has 0 amide bonds. The van der Waals surface area contributed by atoms with Crippen LogP contribution in [0.1, 0.15) is 63.2 Å². The van der Waals surface area contributed by atoms with Crippen molar-refractivity contribution < 1.29 is 22.7 Å². The van der Waals surface area contributed by atoms with Gasteiger partial charge >= 0.3 is 5.97 Å². The van der Waals surface area contributed by atoms with E-state index in [0.717, 1.165) is 19.3 Å². The highest BCUT2D eigenvalue weighted by Crippen LogP contribution is 2.64. The van der Waals surface area contributed by atoms with Gasteiger partial charge in [-0.1, -0.05) is 27.2 Å². The zero-order valence-corrected chi connectivity index (χ0v) is 17.6. The van der Waals surface area contributed by atoms with Crippen LogP contribution in [0.3, 0.4) is 0 Å². The minimum absolute atomic E-state index is 0.0734. The number of nitrogens with one attached hydrogen (secondary N) is 1. The van der Waals surface area contributed by atoms with Gasteiger partial charge in [0.15, 0.2) is 0 Å². The fourth-order valence-electron chi connectivity index (χ4n) is 4.72. The van der Waals surface area contributed by atoms with E-state index in [1.54, 1.807) is 24.3 Å². The molecule has 2 aliphatic carbocycles. The van der Waals surface area contributed by atoms with Gasteiger partial charge in [-0.2, -0.15) is 0 Å². The zero-order chi connectivity index (χ0) is 20.6. The maximum Gasteiger partial charge on any atom is 0.338 e. The molecule has 1 aromatic rings. The monoisotopic (exact) mass is 407 g/mol. The Morgan fingerprint density at radius 3 is 2.46 bits per heavy atom. The molecule has 28 heavy (non-hydrogen) atoms. The van der Waals surface area contributed by atoms with Gasteiger partial charge < -0.3 is 4.74 Å². The molecule has 154 valence electrons. The Balaban J connectivity index is 1.68. The van der Waals surface area contributed by atoms with Crippen molar-refractivity contribution in [1.82, 2.24) is 0 Å². The molecule has 2 saturated carbocycles. The number of hydrogen-bond donors (Lipinski definition) is 1. The van der Waals surface area contributed by atoms with E-state index in [-0.39, 0.29) is 22.9 Å². The quantitative estimate of drug-likeness (QED) is 0.523. The van der Waals surface area contributed by atoms with Crippen molar-refractivity contribution in [3.63, 3.8) is 0 Å². The predicted molar refractivity (Wildman–Crippen MR) is 108 cm³/mol. The Bertz CT molecular complexity index is 859. The van der Waals surface area contributed by atoms with Gasteiger partial charge in [0.05, 0.1) is 23.3 Å². The summed E-state index contributed by atoms with van der Waals surface area (Å²) in [5, 5.41) is 0. The van der Waals surface area contributed by atoms with Crippen molar-refractivity contribution in [2.45, 2.75) is 52.9 Å². The number of carbonyl (C=O) groups is 2. The van der Waals surface area contributed by atoms with Gasteiger partial charge in [0.2, 0.25) is 10.0 Å². The van der Waals surface area contributed by atoms with Gasteiger partial charge in [0, 0.05) is 12.1 Å². The lowest BCUT2D eigenvalue weighted by atomic mass is 9.70. The molecule has 0 spiro atoms. The van der Waals surface area contributed by atoms with Crippen LogP contribution < -0.4 is 4.72 Å². The number of unbranched alkanes of at least 4 members (excludes halogenated alkanes) is 1. The van der Waals surface area contributed by atoms with Crippen molar-refractivity contribution in [3.8, 4) is 0 Å². The molecule has 1 N–H and O–H groups in total. The van der Waals surface area contributed by atoms with Gasteiger partial charge in [-0.3, -0.25) is 9.52 Å². The number of fused-ring (bicyclic) bond motifs is 2. The van der Waals surface area contributed by atoms with E-state index in [4.69, 9.17) is 4.74 Å². The SMILES string of the molecule is CCCCOC(=O)c1ccc(NS(=O)(=O)C[C@]23CC[C@H](CC2=O)C3(C)C)cc1. The van der Waals surface area contributed by atoms with Crippen molar-refractivity contribution in [1.29, 1.82) is 0 Å². The number of Topliss-reactive ketones (excluding diaryl/α,β-unsaturated/α-hetero) is 1. The third kappa shape index (κ3) is 3.69. The fraction of sp³-hybridized carbons (Fsp3) is 0.619. The number of ketones is 1. The second kappa shape index (κ2) is 7.50. The molecular weight excluding hydrogens is 378 g/mol. The van der Waals surface area contributed by atoms with Crippen molar-refractivity contribution >= 4 is 27.5 Å². The van der Waals surface area contributed by atoms with Gasteiger partial charge in [0.1, 0.15) is 5.78 Å². The second-order valence-corrected chi connectivity index (χ2v) is 10.3. The fourth-order valence-corrected chi connectivity index (χ4v) is 6.61. The number of sulfonamides is 1. The van der Waals surface area contributed by atoms with Gasteiger partial charge in [-0.05, 0) is 54.9 Å². The molecule has 3 rings (SSSR count). The molecule has 0 radical (unpaired) electrons. The molecule has 1 aromatic carbocycles. The Morgan fingerprint density at radius 1 is 1.25 bits per heavy atom. The topological polar surface area (TPSA) is 89.5 Å². The van der Waals surface area contributed by atoms with Crippen LogP contribution in [0.25, 0.3) is 0 Å². The van der Waals surface area contributed by atoms with E-state index in [9.17, 15) is 18.0 Å². The summed E-state index contributed by atoms with van der Waals surface area (Å²) < 4.78 is 33.3. The minimum atomic E-state index is -3.70. The van der Waals surface area contributed by atoms with E-state index in [0.29, 0.717) is 30.7 Å². The molecule has 0 aromatic heterocycles. The van der Waals surface area contributed by atoms with E-state index in [1.807, 2.05) is 20.8 Å². The minimum Gasteiger partial charge on any atom is -0.462 e. The lowest BCUT2D eigenvalue weighted by Crippen LogP contribution is -2.43. The summed E-state index contributed by atoms with van der Waals surface area (Å²) in [6, 6.07) is 6.18. The predicted octanol–water partition coefficient (Wildman–Crippen LogP) is 3.78. The Hall–Kier alpha value is -1.89. The van der Waals surface area contributed by atoms with Crippen LogP contribution >= 0.6 is 0 Å². The first-order valence-electron chi connectivity index (χ1n) is 9.92. The largest absolute Gasteiger partial charge is 0.462 e. The van der Waals surface area contributed by atoms with Crippen molar-refractivity contribution in [2.24, 2.45) is 16.7 Å². The van der Waals surface area contributed by atoms with Crippen LogP contribution in [-0.2, 0) is 19.6 Å². The van der Waals surface area contributed by atoms with Gasteiger partial charge in [-0.25, -0.2) is 13.2 Å².